The first-order chi connectivity index (χ1) is 7.33. The number of hydrogen-bond acceptors (Lipinski definition) is 3. The van der Waals surface area contributed by atoms with Gasteiger partial charge in [0.2, 0.25) is 0 Å². The molecule has 1 aromatic rings. The molecule has 86 valence electrons. The zero-order valence-electron chi connectivity index (χ0n) is 9.81. The molecule has 0 aliphatic carbocycles. The summed E-state index contributed by atoms with van der Waals surface area (Å²) in [6.45, 7) is 5.20. The van der Waals surface area contributed by atoms with Gasteiger partial charge in [0.25, 0.3) is 0 Å². The smallest absolute Gasteiger partial charge is 0.105 e. The second kappa shape index (κ2) is 7.49. The highest BCUT2D eigenvalue weighted by molar-refractivity contribution is 5.05. The van der Waals surface area contributed by atoms with Crippen molar-refractivity contribution in [1.29, 1.82) is 0 Å². The van der Waals surface area contributed by atoms with Crippen molar-refractivity contribution in [2.45, 2.75) is 26.2 Å². The Balaban J connectivity index is 1.93. The predicted octanol–water partition coefficient (Wildman–Crippen LogP) is 1.72. The van der Waals surface area contributed by atoms with Crippen LogP contribution in [0.1, 0.15) is 24.4 Å². The van der Waals surface area contributed by atoms with Crippen LogP contribution in [-0.4, -0.2) is 26.7 Å². The van der Waals surface area contributed by atoms with Crippen LogP contribution >= 0.6 is 0 Å². The molecule has 2 N–H and O–H groups in total. The lowest BCUT2D eigenvalue weighted by Crippen LogP contribution is -2.19. The normalized spacial score (nSPS) is 10.8. The molecule has 1 rings (SSSR count). The molecule has 1 heterocycles. The lowest BCUT2D eigenvalue weighted by molar-refractivity contribution is 0.474. The zero-order valence-corrected chi connectivity index (χ0v) is 9.81. The summed E-state index contributed by atoms with van der Waals surface area (Å²) in [6, 6.07) is 4.07. The molecule has 3 heteroatoms. The molecule has 0 saturated heterocycles. The summed E-state index contributed by atoms with van der Waals surface area (Å²) in [5.41, 5.74) is 0. The quantitative estimate of drug-likeness (QED) is 0.642. The topological polar surface area (TPSA) is 37.2 Å². The summed E-state index contributed by atoms with van der Waals surface area (Å²) in [4.78, 5) is 0. The van der Waals surface area contributed by atoms with E-state index in [1.165, 1.54) is 12.8 Å². The van der Waals surface area contributed by atoms with Gasteiger partial charge in [-0.3, -0.25) is 0 Å². The molecule has 0 amide bonds. The van der Waals surface area contributed by atoms with Gasteiger partial charge in [0, 0.05) is 13.0 Å². The molecule has 0 bridgehead atoms. The summed E-state index contributed by atoms with van der Waals surface area (Å²) in [7, 11) is 1.99. The van der Waals surface area contributed by atoms with Gasteiger partial charge >= 0.3 is 0 Å². The highest BCUT2D eigenvalue weighted by Crippen LogP contribution is 2.05. The second-order valence-electron chi connectivity index (χ2n) is 3.82. The summed E-state index contributed by atoms with van der Waals surface area (Å²) < 4.78 is 5.48. The first-order valence-electron chi connectivity index (χ1n) is 5.73. The lowest BCUT2D eigenvalue weighted by atomic mass is 10.3. The standard InChI is InChI=1S/C12H22N2O/c1-11-5-6-12(15-11)7-10-14-9-4-3-8-13-2/h5-6,13-14H,3-4,7-10H2,1-2H3. The molecule has 15 heavy (non-hydrogen) atoms. The van der Waals surface area contributed by atoms with E-state index >= 15 is 0 Å². The van der Waals surface area contributed by atoms with E-state index in [-0.39, 0.29) is 0 Å². The van der Waals surface area contributed by atoms with Gasteiger partial charge in [-0.15, -0.1) is 0 Å². The van der Waals surface area contributed by atoms with E-state index in [1.807, 2.05) is 20.0 Å². The third-order valence-corrected chi connectivity index (χ3v) is 2.37. The van der Waals surface area contributed by atoms with Gasteiger partial charge in [-0.25, -0.2) is 0 Å². The van der Waals surface area contributed by atoms with Gasteiger partial charge in [-0.05, 0) is 52.0 Å². The Morgan fingerprint density at radius 2 is 1.93 bits per heavy atom. The first-order valence-corrected chi connectivity index (χ1v) is 5.73. The summed E-state index contributed by atoms with van der Waals surface area (Å²) in [6.07, 6.45) is 3.46. The van der Waals surface area contributed by atoms with Crippen LogP contribution in [0.15, 0.2) is 16.5 Å². The minimum absolute atomic E-state index is 0.986. The molecule has 0 saturated carbocycles. The van der Waals surface area contributed by atoms with E-state index in [0.717, 1.165) is 37.6 Å². The Morgan fingerprint density at radius 1 is 1.13 bits per heavy atom. The molecule has 0 aliphatic rings. The van der Waals surface area contributed by atoms with Gasteiger partial charge in [0.05, 0.1) is 0 Å². The van der Waals surface area contributed by atoms with Crippen LogP contribution in [0.2, 0.25) is 0 Å². The van der Waals surface area contributed by atoms with Crippen molar-refractivity contribution in [2.75, 3.05) is 26.7 Å². The van der Waals surface area contributed by atoms with Crippen LogP contribution in [-0.2, 0) is 6.42 Å². The summed E-state index contributed by atoms with van der Waals surface area (Å²) >= 11 is 0. The fourth-order valence-electron chi connectivity index (χ4n) is 1.51. The lowest BCUT2D eigenvalue weighted by Gasteiger charge is -2.03. The van der Waals surface area contributed by atoms with E-state index in [2.05, 4.69) is 16.7 Å². The SMILES string of the molecule is CNCCCCNCCc1ccc(C)o1. The Hall–Kier alpha value is -0.800. The molecule has 3 nitrogen and oxygen atoms in total. The molecular weight excluding hydrogens is 188 g/mol. The molecule has 0 radical (unpaired) electrons. The van der Waals surface area contributed by atoms with Gasteiger partial charge in [0.15, 0.2) is 0 Å². The fraction of sp³-hybridized carbons (Fsp3) is 0.667. The third-order valence-electron chi connectivity index (χ3n) is 2.37. The number of aryl methyl sites for hydroxylation is 1. The van der Waals surface area contributed by atoms with Gasteiger partial charge in [-0.1, -0.05) is 0 Å². The van der Waals surface area contributed by atoms with Crippen LogP contribution in [0, 0.1) is 6.92 Å². The van der Waals surface area contributed by atoms with Gasteiger partial charge in [0.1, 0.15) is 11.5 Å². The number of unbranched alkanes of at least 4 members (excludes halogenated alkanes) is 1. The molecule has 0 aliphatic heterocycles. The second-order valence-corrected chi connectivity index (χ2v) is 3.82. The van der Waals surface area contributed by atoms with Crippen molar-refractivity contribution >= 4 is 0 Å². The molecule has 0 aromatic carbocycles. The van der Waals surface area contributed by atoms with Crippen molar-refractivity contribution in [3.63, 3.8) is 0 Å². The fourth-order valence-corrected chi connectivity index (χ4v) is 1.51. The maximum Gasteiger partial charge on any atom is 0.105 e. The first kappa shape index (κ1) is 12.3. The largest absolute Gasteiger partial charge is 0.466 e. The van der Waals surface area contributed by atoms with Crippen molar-refractivity contribution in [3.8, 4) is 0 Å². The van der Waals surface area contributed by atoms with Crippen LogP contribution in [0.4, 0.5) is 0 Å². The van der Waals surface area contributed by atoms with Crippen molar-refractivity contribution in [3.05, 3.63) is 23.7 Å². The average molecular weight is 210 g/mol. The molecule has 0 spiro atoms. The van der Waals surface area contributed by atoms with Crippen molar-refractivity contribution in [1.82, 2.24) is 10.6 Å². The van der Waals surface area contributed by atoms with Crippen molar-refractivity contribution < 1.29 is 4.42 Å². The van der Waals surface area contributed by atoms with Gasteiger partial charge in [-0.2, -0.15) is 0 Å². The summed E-state index contributed by atoms with van der Waals surface area (Å²) in [5, 5.41) is 6.56. The van der Waals surface area contributed by atoms with Gasteiger partial charge < -0.3 is 15.1 Å². The number of nitrogens with one attached hydrogen (secondary N) is 2. The molecule has 1 aromatic heterocycles. The Kier molecular flexibility index (Phi) is 6.12. The Morgan fingerprint density at radius 3 is 2.60 bits per heavy atom. The van der Waals surface area contributed by atoms with E-state index in [0.29, 0.717) is 0 Å². The van der Waals surface area contributed by atoms with E-state index < -0.39 is 0 Å². The van der Waals surface area contributed by atoms with E-state index in [4.69, 9.17) is 4.42 Å². The monoisotopic (exact) mass is 210 g/mol. The molecule has 0 unspecified atom stereocenters. The minimum Gasteiger partial charge on any atom is -0.466 e. The predicted molar refractivity (Wildman–Crippen MR) is 63.2 cm³/mol. The number of furan rings is 1. The van der Waals surface area contributed by atoms with Crippen LogP contribution in [0.25, 0.3) is 0 Å². The molecule has 0 fully saturated rings. The van der Waals surface area contributed by atoms with Crippen LogP contribution in [0.3, 0.4) is 0 Å². The Labute approximate surface area is 92.2 Å². The summed E-state index contributed by atoms with van der Waals surface area (Å²) in [5.74, 6) is 2.08. The number of hydrogen-bond donors (Lipinski definition) is 2. The molecule has 0 atom stereocenters. The van der Waals surface area contributed by atoms with Crippen LogP contribution in [0.5, 0.6) is 0 Å². The molecular formula is C12H22N2O. The Bertz CT molecular complexity index is 258. The highest BCUT2D eigenvalue weighted by atomic mass is 16.3. The van der Waals surface area contributed by atoms with Crippen molar-refractivity contribution in [2.24, 2.45) is 0 Å². The highest BCUT2D eigenvalue weighted by Gasteiger charge is 1.97. The van der Waals surface area contributed by atoms with Crippen LogP contribution < -0.4 is 10.6 Å². The average Bonchev–Trinajstić information content (AvgIpc) is 2.63. The van der Waals surface area contributed by atoms with E-state index in [1.54, 1.807) is 0 Å². The number of rotatable bonds is 8. The maximum atomic E-state index is 5.48. The third kappa shape index (κ3) is 5.60. The van der Waals surface area contributed by atoms with E-state index in [9.17, 15) is 0 Å². The zero-order chi connectivity index (χ0) is 10.9. The maximum absolute atomic E-state index is 5.48. The minimum atomic E-state index is 0.986.